The van der Waals surface area contributed by atoms with Crippen LogP contribution in [0.15, 0.2) is 12.1 Å². The molecule has 0 unspecified atom stereocenters. The van der Waals surface area contributed by atoms with Crippen molar-refractivity contribution in [3.05, 3.63) is 23.4 Å². The summed E-state index contributed by atoms with van der Waals surface area (Å²) in [6.07, 6.45) is -4.59. The highest BCUT2D eigenvalue weighted by Gasteiger charge is 2.33. The zero-order valence-corrected chi connectivity index (χ0v) is 12.3. The van der Waals surface area contributed by atoms with Gasteiger partial charge in [0.1, 0.15) is 16.5 Å². The van der Waals surface area contributed by atoms with E-state index in [1.165, 1.54) is 4.90 Å². The average molecular weight is 320 g/mol. The molecule has 0 saturated carbocycles. The summed E-state index contributed by atoms with van der Waals surface area (Å²) in [6, 6.07) is 1.92. The van der Waals surface area contributed by atoms with Crippen LogP contribution in [0.25, 0.3) is 0 Å². The fourth-order valence-electron chi connectivity index (χ4n) is 1.42. The van der Waals surface area contributed by atoms with Gasteiger partial charge in [0.05, 0.1) is 12.1 Å². The number of nitrogens with zero attached hydrogens (tertiary/aromatic N) is 2. The summed E-state index contributed by atoms with van der Waals surface area (Å²) in [7, 11) is 1.58. The second-order valence-corrected chi connectivity index (χ2v) is 4.66. The normalized spacial score (nSPS) is 11.1. The van der Waals surface area contributed by atoms with E-state index in [0.29, 0.717) is 6.54 Å². The van der Waals surface area contributed by atoms with E-state index in [1.54, 1.807) is 14.0 Å². The van der Waals surface area contributed by atoms with Crippen molar-refractivity contribution in [3.8, 4) is 0 Å². The number of carbonyl (C=O) groups is 1. The molecule has 1 heterocycles. The first-order valence-corrected chi connectivity index (χ1v) is 6.43. The number of amides is 1. The van der Waals surface area contributed by atoms with Crippen molar-refractivity contribution in [3.63, 3.8) is 0 Å². The Balaban J connectivity index is 3.02. The molecule has 0 fully saturated rings. The number of hydrogen-bond acceptors (Lipinski definition) is 4. The SMILES string of the molecule is CCN(C)C(=O)CNc1nc(C(F)(F)F)ccc1C(N)=S. The maximum atomic E-state index is 12.7. The number of likely N-dealkylation sites (N-methyl/N-ethyl adjacent to an activating group) is 1. The summed E-state index contributed by atoms with van der Waals surface area (Å²) < 4.78 is 38.0. The molecular formula is C12H15F3N4OS. The van der Waals surface area contributed by atoms with Gasteiger partial charge < -0.3 is 16.0 Å². The average Bonchev–Trinajstić information content (AvgIpc) is 2.42. The molecule has 1 aromatic heterocycles. The molecular weight excluding hydrogens is 305 g/mol. The maximum Gasteiger partial charge on any atom is 0.433 e. The Morgan fingerprint density at radius 3 is 2.57 bits per heavy atom. The van der Waals surface area contributed by atoms with Gasteiger partial charge in [-0.3, -0.25) is 4.79 Å². The Labute approximate surface area is 125 Å². The van der Waals surface area contributed by atoms with Gasteiger partial charge in [-0.2, -0.15) is 13.2 Å². The number of alkyl halides is 3. The van der Waals surface area contributed by atoms with Crippen LogP contribution in [0.4, 0.5) is 19.0 Å². The Morgan fingerprint density at radius 2 is 2.10 bits per heavy atom. The molecule has 5 nitrogen and oxygen atoms in total. The highest BCUT2D eigenvalue weighted by molar-refractivity contribution is 7.80. The van der Waals surface area contributed by atoms with Crippen LogP contribution in [-0.4, -0.2) is 40.9 Å². The summed E-state index contributed by atoms with van der Waals surface area (Å²) in [6.45, 7) is 2.06. The number of carbonyl (C=O) groups excluding carboxylic acids is 1. The summed E-state index contributed by atoms with van der Waals surface area (Å²) in [5.74, 6) is -0.444. The first kappa shape index (κ1) is 17.2. The van der Waals surface area contributed by atoms with Gasteiger partial charge in [-0.25, -0.2) is 4.98 Å². The second-order valence-electron chi connectivity index (χ2n) is 4.22. The van der Waals surface area contributed by atoms with Crippen LogP contribution >= 0.6 is 12.2 Å². The van der Waals surface area contributed by atoms with Gasteiger partial charge in [-0.05, 0) is 19.1 Å². The minimum atomic E-state index is -4.59. The summed E-state index contributed by atoms with van der Waals surface area (Å²) in [5.41, 5.74) is 4.52. The Bertz CT molecular complexity index is 548. The third kappa shape index (κ3) is 4.55. The van der Waals surface area contributed by atoms with Crippen LogP contribution in [-0.2, 0) is 11.0 Å². The molecule has 1 amide bonds. The van der Waals surface area contributed by atoms with Crippen LogP contribution in [0.5, 0.6) is 0 Å². The van der Waals surface area contributed by atoms with Crippen LogP contribution in [0.1, 0.15) is 18.2 Å². The van der Waals surface area contributed by atoms with Crippen LogP contribution < -0.4 is 11.1 Å². The highest BCUT2D eigenvalue weighted by Crippen LogP contribution is 2.29. The standard InChI is InChI=1S/C12H15F3N4OS/c1-3-19(2)9(20)6-17-11-7(10(16)21)4-5-8(18-11)12(13,14)15/h4-5H,3,6H2,1-2H3,(H2,16,21)(H,17,18). The Hall–Kier alpha value is -1.90. The Morgan fingerprint density at radius 1 is 1.48 bits per heavy atom. The zero-order valence-electron chi connectivity index (χ0n) is 11.5. The van der Waals surface area contributed by atoms with Crippen molar-refractivity contribution in [1.82, 2.24) is 9.88 Å². The van der Waals surface area contributed by atoms with Gasteiger partial charge >= 0.3 is 6.18 Å². The molecule has 0 aromatic carbocycles. The number of halogens is 3. The molecule has 0 spiro atoms. The van der Waals surface area contributed by atoms with Crippen molar-refractivity contribution >= 4 is 28.9 Å². The quantitative estimate of drug-likeness (QED) is 0.807. The number of nitrogens with one attached hydrogen (secondary N) is 1. The number of aromatic nitrogens is 1. The van der Waals surface area contributed by atoms with Gasteiger partial charge in [0.25, 0.3) is 0 Å². The fraction of sp³-hybridized carbons (Fsp3) is 0.417. The molecule has 0 saturated heterocycles. The first-order chi connectivity index (χ1) is 9.66. The number of anilines is 1. The minimum absolute atomic E-state index is 0.102. The van der Waals surface area contributed by atoms with Gasteiger partial charge in [0, 0.05) is 13.6 Å². The second kappa shape index (κ2) is 6.70. The molecule has 0 radical (unpaired) electrons. The van der Waals surface area contributed by atoms with Crippen molar-refractivity contribution in [1.29, 1.82) is 0 Å². The van der Waals surface area contributed by atoms with E-state index in [-0.39, 0.29) is 28.8 Å². The number of rotatable bonds is 5. The molecule has 1 rings (SSSR count). The summed E-state index contributed by atoms with van der Waals surface area (Å²) >= 11 is 4.76. The number of pyridine rings is 1. The molecule has 9 heteroatoms. The van der Waals surface area contributed by atoms with E-state index in [0.717, 1.165) is 12.1 Å². The lowest BCUT2D eigenvalue weighted by Crippen LogP contribution is -2.32. The molecule has 0 aliphatic carbocycles. The zero-order chi connectivity index (χ0) is 16.2. The smallest absolute Gasteiger partial charge is 0.389 e. The maximum absolute atomic E-state index is 12.7. The predicted octanol–water partition coefficient (Wildman–Crippen LogP) is 1.62. The highest BCUT2D eigenvalue weighted by atomic mass is 32.1. The molecule has 116 valence electrons. The van der Waals surface area contributed by atoms with Crippen molar-refractivity contribution in [2.24, 2.45) is 5.73 Å². The fourth-order valence-corrected chi connectivity index (χ4v) is 1.59. The minimum Gasteiger partial charge on any atom is -0.389 e. The number of hydrogen-bond donors (Lipinski definition) is 2. The number of thiocarbonyl (C=S) groups is 1. The van der Waals surface area contributed by atoms with E-state index in [4.69, 9.17) is 18.0 Å². The molecule has 21 heavy (non-hydrogen) atoms. The van der Waals surface area contributed by atoms with Crippen molar-refractivity contribution in [2.45, 2.75) is 13.1 Å². The largest absolute Gasteiger partial charge is 0.433 e. The third-order valence-corrected chi connectivity index (χ3v) is 2.98. The van der Waals surface area contributed by atoms with E-state index in [1.807, 2.05) is 0 Å². The number of nitrogens with two attached hydrogens (primary N) is 1. The summed E-state index contributed by atoms with van der Waals surface area (Å²) in [4.78, 5) is 16.4. The van der Waals surface area contributed by atoms with Gasteiger partial charge in [-0.15, -0.1) is 0 Å². The first-order valence-electron chi connectivity index (χ1n) is 6.02. The Kier molecular flexibility index (Phi) is 5.47. The lowest BCUT2D eigenvalue weighted by molar-refractivity contribution is -0.141. The predicted molar refractivity (Wildman–Crippen MR) is 76.9 cm³/mol. The van der Waals surface area contributed by atoms with Crippen LogP contribution in [0.2, 0.25) is 0 Å². The molecule has 0 atom stereocenters. The molecule has 1 aromatic rings. The molecule has 0 aliphatic heterocycles. The third-order valence-electron chi connectivity index (χ3n) is 2.76. The lowest BCUT2D eigenvalue weighted by atomic mass is 10.2. The van der Waals surface area contributed by atoms with Crippen molar-refractivity contribution in [2.75, 3.05) is 25.5 Å². The lowest BCUT2D eigenvalue weighted by Gasteiger charge is -2.17. The monoisotopic (exact) mass is 320 g/mol. The molecule has 0 bridgehead atoms. The van der Waals surface area contributed by atoms with Crippen molar-refractivity contribution < 1.29 is 18.0 Å². The topological polar surface area (TPSA) is 71.2 Å². The van der Waals surface area contributed by atoms with Gasteiger partial charge in [-0.1, -0.05) is 12.2 Å². The van der Waals surface area contributed by atoms with E-state index in [2.05, 4.69) is 10.3 Å². The molecule has 3 N–H and O–H groups in total. The van der Waals surface area contributed by atoms with E-state index < -0.39 is 11.9 Å². The van der Waals surface area contributed by atoms with E-state index >= 15 is 0 Å². The van der Waals surface area contributed by atoms with Gasteiger partial charge in [0.2, 0.25) is 5.91 Å². The van der Waals surface area contributed by atoms with E-state index in [9.17, 15) is 18.0 Å². The molecule has 0 aliphatic rings. The van der Waals surface area contributed by atoms with Crippen LogP contribution in [0, 0.1) is 0 Å². The summed E-state index contributed by atoms with van der Waals surface area (Å²) in [5, 5.41) is 2.55. The van der Waals surface area contributed by atoms with Gasteiger partial charge in [0.15, 0.2) is 0 Å². The van der Waals surface area contributed by atoms with Crippen LogP contribution in [0.3, 0.4) is 0 Å².